The highest BCUT2D eigenvalue weighted by atomic mass is 14.6. The van der Waals surface area contributed by atoms with Gasteiger partial charge in [0.25, 0.3) is 0 Å². The van der Waals surface area contributed by atoms with Gasteiger partial charge in [0, 0.05) is 5.41 Å². The second kappa shape index (κ2) is 4.78. The average molecular weight is 284 g/mol. The van der Waals surface area contributed by atoms with Crippen molar-refractivity contribution in [2.75, 3.05) is 0 Å². The zero-order chi connectivity index (χ0) is 14.7. The molecule has 7 unspecified atom stereocenters. The lowest BCUT2D eigenvalue weighted by Gasteiger charge is -2.57. The molecule has 0 spiro atoms. The van der Waals surface area contributed by atoms with Crippen LogP contribution in [0.4, 0.5) is 0 Å². The second-order valence-electron chi connectivity index (χ2n) is 9.19. The first-order chi connectivity index (χ1) is 10.1. The molecule has 116 valence electrons. The molecular formula is C21H32. The van der Waals surface area contributed by atoms with Crippen molar-refractivity contribution in [1.82, 2.24) is 0 Å². The molecule has 0 aromatic rings. The van der Waals surface area contributed by atoms with Crippen molar-refractivity contribution in [2.24, 2.45) is 40.4 Å². The third-order valence-electron chi connectivity index (χ3n) is 8.81. The molecule has 4 fully saturated rings. The first-order valence-electron chi connectivity index (χ1n) is 9.57. The van der Waals surface area contributed by atoms with Crippen molar-refractivity contribution >= 4 is 0 Å². The van der Waals surface area contributed by atoms with E-state index >= 15 is 0 Å². The predicted octanol–water partition coefficient (Wildman–Crippen LogP) is 5.67. The number of hydrogen-bond donors (Lipinski definition) is 0. The van der Waals surface area contributed by atoms with E-state index in [1.807, 2.05) is 0 Å². The summed E-state index contributed by atoms with van der Waals surface area (Å²) in [6, 6.07) is 0. The molecule has 0 heteroatoms. The molecule has 0 saturated heterocycles. The topological polar surface area (TPSA) is 0 Å². The summed E-state index contributed by atoms with van der Waals surface area (Å²) in [7, 11) is 0. The lowest BCUT2D eigenvalue weighted by atomic mass is 9.48. The smallest absolute Gasteiger partial charge is 0.0340 e. The Morgan fingerprint density at radius 3 is 2.43 bits per heavy atom. The summed E-state index contributed by atoms with van der Waals surface area (Å²) in [6.45, 7) is 4.94. The molecule has 0 amide bonds. The normalized spacial score (nSPS) is 56.0. The van der Waals surface area contributed by atoms with Crippen LogP contribution in [0.25, 0.3) is 0 Å². The van der Waals surface area contributed by atoms with Gasteiger partial charge in [-0.2, -0.15) is 0 Å². The summed E-state index contributed by atoms with van der Waals surface area (Å²) in [4.78, 5) is 0. The van der Waals surface area contributed by atoms with Crippen LogP contribution in [0.1, 0.15) is 78.1 Å². The molecular weight excluding hydrogens is 252 g/mol. The lowest BCUT2D eigenvalue weighted by molar-refractivity contribution is -0.0706. The highest BCUT2D eigenvalue weighted by Gasteiger charge is 2.60. The van der Waals surface area contributed by atoms with Crippen molar-refractivity contribution in [1.29, 1.82) is 0 Å². The molecule has 4 aliphatic carbocycles. The molecule has 4 rings (SSSR count). The molecule has 0 aliphatic heterocycles. The number of terminal acetylenes is 1. The Morgan fingerprint density at radius 1 is 0.810 bits per heavy atom. The molecule has 0 radical (unpaired) electrons. The monoisotopic (exact) mass is 284 g/mol. The van der Waals surface area contributed by atoms with Crippen LogP contribution in [0.2, 0.25) is 0 Å². The van der Waals surface area contributed by atoms with Gasteiger partial charge in [0.2, 0.25) is 0 Å². The molecule has 0 nitrogen and oxygen atoms in total. The molecule has 4 saturated carbocycles. The highest BCUT2D eigenvalue weighted by molar-refractivity contribution is 5.19. The number of rotatable bonds is 0. The molecule has 0 aromatic carbocycles. The van der Waals surface area contributed by atoms with Gasteiger partial charge in [-0.1, -0.05) is 32.1 Å². The molecule has 0 aromatic heterocycles. The third kappa shape index (κ3) is 1.82. The minimum atomic E-state index is 0.173. The molecule has 4 aliphatic rings. The maximum Gasteiger partial charge on any atom is 0.0340 e. The van der Waals surface area contributed by atoms with Gasteiger partial charge in [0.1, 0.15) is 0 Å². The standard InChI is InChI=1S/C21H32/c1-4-20(2)13-12-19-18-10-9-15-7-5-6-8-16(15)17(18)11-14-21(19,20)3/h1,15-19H,5-14H2,2-3H3. The molecule has 0 N–H and O–H groups in total. The quantitative estimate of drug-likeness (QED) is 0.503. The van der Waals surface area contributed by atoms with Gasteiger partial charge < -0.3 is 0 Å². The fraction of sp³-hybridized carbons (Fsp3) is 0.905. The highest BCUT2D eigenvalue weighted by Crippen LogP contribution is 2.67. The third-order valence-corrected chi connectivity index (χ3v) is 8.81. The minimum Gasteiger partial charge on any atom is -0.120 e. The minimum absolute atomic E-state index is 0.173. The van der Waals surface area contributed by atoms with Gasteiger partial charge in [-0.05, 0) is 86.9 Å². The van der Waals surface area contributed by atoms with E-state index in [2.05, 4.69) is 19.8 Å². The van der Waals surface area contributed by atoms with Crippen LogP contribution in [-0.4, -0.2) is 0 Å². The van der Waals surface area contributed by atoms with Crippen LogP contribution in [0.15, 0.2) is 0 Å². The summed E-state index contributed by atoms with van der Waals surface area (Å²) in [6.07, 6.45) is 20.7. The first kappa shape index (κ1) is 14.2. The second-order valence-corrected chi connectivity index (χ2v) is 9.19. The first-order valence-corrected chi connectivity index (χ1v) is 9.57. The Labute approximate surface area is 131 Å². The van der Waals surface area contributed by atoms with E-state index in [4.69, 9.17) is 6.42 Å². The Kier molecular flexibility index (Phi) is 3.22. The van der Waals surface area contributed by atoms with Crippen LogP contribution in [0.5, 0.6) is 0 Å². The van der Waals surface area contributed by atoms with Crippen molar-refractivity contribution < 1.29 is 0 Å². The zero-order valence-corrected chi connectivity index (χ0v) is 14.0. The van der Waals surface area contributed by atoms with Crippen molar-refractivity contribution in [3.63, 3.8) is 0 Å². The van der Waals surface area contributed by atoms with Gasteiger partial charge in [0.05, 0.1) is 0 Å². The summed E-state index contributed by atoms with van der Waals surface area (Å²) < 4.78 is 0. The van der Waals surface area contributed by atoms with Gasteiger partial charge in [0.15, 0.2) is 0 Å². The lowest BCUT2D eigenvalue weighted by Crippen LogP contribution is -2.49. The van der Waals surface area contributed by atoms with Crippen LogP contribution in [0.3, 0.4) is 0 Å². The molecule has 0 heterocycles. The molecule has 7 atom stereocenters. The maximum atomic E-state index is 5.98. The van der Waals surface area contributed by atoms with E-state index in [0.29, 0.717) is 5.41 Å². The van der Waals surface area contributed by atoms with E-state index in [0.717, 1.165) is 29.6 Å². The maximum absolute atomic E-state index is 5.98. The summed E-state index contributed by atoms with van der Waals surface area (Å²) >= 11 is 0. The SMILES string of the molecule is C#CC1(C)CCC2C3CCC4CCCCC4C3CCC21C. The van der Waals surface area contributed by atoms with E-state index in [1.54, 1.807) is 6.42 Å². The van der Waals surface area contributed by atoms with Crippen molar-refractivity contribution in [2.45, 2.75) is 78.1 Å². The molecule has 0 bridgehead atoms. The van der Waals surface area contributed by atoms with Crippen LogP contribution >= 0.6 is 0 Å². The van der Waals surface area contributed by atoms with Gasteiger partial charge >= 0.3 is 0 Å². The summed E-state index contributed by atoms with van der Waals surface area (Å²) in [5.74, 6) is 8.40. The largest absolute Gasteiger partial charge is 0.120 e. The van der Waals surface area contributed by atoms with Gasteiger partial charge in [-0.15, -0.1) is 6.42 Å². The molecule has 21 heavy (non-hydrogen) atoms. The van der Waals surface area contributed by atoms with E-state index in [-0.39, 0.29) is 5.41 Å². The fourth-order valence-corrected chi connectivity index (χ4v) is 7.33. The van der Waals surface area contributed by atoms with E-state index in [1.165, 1.54) is 57.8 Å². The van der Waals surface area contributed by atoms with Crippen molar-refractivity contribution in [3.8, 4) is 12.3 Å². The van der Waals surface area contributed by atoms with Crippen LogP contribution < -0.4 is 0 Å². The van der Waals surface area contributed by atoms with Crippen LogP contribution in [-0.2, 0) is 0 Å². The van der Waals surface area contributed by atoms with E-state index in [9.17, 15) is 0 Å². The zero-order valence-electron chi connectivity index (χ0n) is 14.0. The van der Waals surface area contributed by atoms with E-state index < -0.39 is 0 Å². The number of fused-ring (bicyclic) bond motifs is 5. The average Bonchev–Trinajstić information content (AvgIpc) is 2.79. The number of hydrogen-bond acceptors (Lipinski definition) is 0. The predicted molar refractivity (Wildman–Crippen MR) is 88.7 cm³/mol. The summed E-state index contributed by atoms with van der Waals surface area (Å²) in [5, 5.41) is 0. The Bertz CT molecular complexity index is 457. The van der Waals surface area contributed by atoms with Crippen LogP contribution in [0, 0.1) is 52.8 Å². The Hall–Kier alpha value is -0.440. The van der Waals surface area contributed by atoms with Gasteiger partial charge in [-0.3, -0.25) is 0 Å². The van der Waals surface area contributed by atoms with Gasteiger partial charge in [-0.25, -0.2) is 0 Å². The Morgan fingerprint density at radius 2 is 1.62 bits per heavy atom. The van der Waals surface area contributed by atoms with Crippen molar-refractivity contribution in [3.05, 3.63) is 0 Å². The summed E-state index contributed by atoms with van der Waals surface area (Å²) in [5.41, 5.74) is 0.608. The fourth-order valence-electron chi connectivity index (χ4n) is 7.33. The Balaban J connectivity index is 1.62.